The molecule has 0 bridgehead atoms. The van der Waals surface area contributed by atoms with Crippen molar-refractivity contribution in [1.29, 1.82) is 0 Å². The standard InChI is InChI=1S/C21H26O3S/c1-15-9-8-10-16(2)19(15)24-20(22)17(3)21(4,23)14-25-13-18-11-6-5-7-12-18/h5-12,17,23H,13-14H2,1-4H3/t17-,21+/m1/s1. The molecular weight excluding hydrogens is 332 g/mol. The highest BCUT2D eigenvalue weighted by Crippen LogP contribution is 2.28. The lowest BCUT2D eigenvalue weighted by Gasteiger charge is -2.28. The Morgan fingerprint density at radius 1 is 1.12 bits per heavy atom. The molecule has 1 N–H and O–H groups in total. The van der Waals surface area contributed by atoms with E-state index in [0.29, 0.717) is 11.5 Å². The Labute approximate surface area is 154 Å². The molecular formula is C21H26O3S. The molecule has 0 aliphatic rings. The third-order valence-electron chi connectivity index (χ3n) is 4.40. The van der Waals surface area contributed by atoms with E-state index in [-0.39, 0.29) is 0 Å². The second kappa shape index (κ2) is 8.54. The molecule has 0 aliphatic carbocycles. The van der Waals surface area contributed by atoms with Crippen molar-refractivity contribution in [1.82, 2.24) is 0 Å². The van der Waals surface area contributed by atoms with E-state index in [2.05, 4.69) is 12.1 Å². The van der Waals surface area contributed by atoms with Gasteiger partial charge in [-0.15, -0.1) is 0 Å². The maximum atomic E-state index is 12.5. The number of ether oxygens (including phenoxy) is 1. The third kappa shape index (κ3) is 5.35. The minimum absolute atomic E-state index is 0.400. The monoisotopic (exact) mass is 358 g/mol. The van der Waals surface area contributed by atoms with Gasteiger partial charge in [-0.1, -0.05) is 48.5 Å². The van der Waals surface area contributed by atoms with Crippen LogP contribution in [0.2, 0.25) is 0 Å². The summed E-state index contributed by atoms with van der Waals surface area (Å²) in [4.78, 5) is 12.5. The number of carbonyl (C=O) groups excluding carboxylic acids is 1. The van der Waals surface area contributed by atoms with Gasteiger partial charge < -0.3 is 9.84 Å². The predicted molar refractivity (Wildman–Crippen MR) is 104 cm³/mol. The lowest BCUT2D eigenvalue weighted by Crippen LogP contribution is -2.42. The summed E-state index contributed by atoms with van der Waals surface area (Å²) >= 11 is 1.61. The molecule has 0 saturated carbocycles. The summed E-state index contributed by atoms with van der Waals surface area (Å²) in [5.74, 6) is 0.838. The average molecular weight is 359 g/mol. The second-order valence-electron chi connectivity index (χ2n) is 6.70. The number of hydrogen-bond donors (Lipinski definition) is 1. The van der Waals surface area contributed by atoms with Gasteiger partial charge in [-0.3, -0.25) is 4.79 Å². The number of carbonyl (C=O) groups is 1. The van der Waals surface area contributed by atoms with Crippen molar-refractivity contribution in [3.8, 4) is 5.75 Å². The molecule has 4 heteroatoms. The predicted octanol–water partition coefficient (Wildman–Crippen LogP) is 4.53. The normalized spacial score (nSPS) is 14.6. The van der Waals surface area contributed by atoms with Crippen LogP contribution in [0.15, 0.2) is 48.5 Å². The number of para-hydroxylation sites is 1. The summed E-state index contributed by atoms with van der Waals surface area (Å²) in [6.45, 7) is 7.24. The van der Waals surface area contributed by atoms with E-state index >= 15 is 0 Å². The molecule has 0 saturated heterocycles. The van der Waals surface area contributed by atoms with Crippen LogP contribution in [0.5, 0.6) is 5.75 Å². The molecule has 0 fully saturated rings. The average Bonchev–Trinajstić information content (AvgIpc) is 2.58. The van der Waals surface area contributed by atoms with Crippen LogP contribution in [-0.2, 0) is 10.5 Å². The fraction of sp³-hybridized carbons (Fsp3) is 0.381. The molecule has 0 aliphatic heterocycles. The number of aliphatic hydroxyl groups is 1. The third-order valence-corrected chi connectivity index (χ3v) is 5.73. The lowest BCUT2D eigenvalue weighted by molar-refractivity contribution is -0.145. The summed E-state index contributed by atoms with van der Waals surface area (Å²) < 4.78 is 5.58. The summed E-state index contributed by atoms with van der Waals surface area (Å²) in [6.07, 6.45) is 0. The highest BCUT2D eigenvalue weighted by Gasteiger charge is 2.35. The molecule has 2 rings (SSSR count). The van der Waals surface area contributed by atoms with E-state index in [4.69, 9.17) is 4.74 Å². The Morgan fingerprint density at radius 3 is 2.32 bits per heavy atom. The number of benzene rings is 2. The number of rotatable bonds is 7. The summed E-state index contributed by atoms with van der Waals surface area (Å²) in [5.41, 5.74) is 1.90. The zero-order chi connectivity index (χ0) is 18.4. The fourth-order valence-corrected chi connectivity index (χ4v) is 3.67. The lowest BCUT2D eigenvalue weighted by atomic mass is 9.93. The highest BCUT2D eigenvalue weighted by atomic mass is 32.2. The molecule has 0 aromatic heterocycles. The van der Waals surface area contributed by atoms with E-state index < -0.39 is 17.5 Å². The maximum absolute atomic E-state index is 12.5. The van der Waals surface area contributed by atoms with Gasteiger partial charge in [0.1, 0.15) is 5.75 Å². The number of esters is 1. The Bertz CT molecular complexity index is 690. The Balaban J connectivity index is 1.94. The van der Waals surface area contributed by atoms with E-state index in [0.717, 1.165) is 16.9 Å². The molecule has 0 unspecified atom stereocenters. The smallest absolute Gasteiger partial charge is 0.317 e. The maximum Gasteiger partial charge on any atom is 0.317 e. The first-order chi connectivity index (χ1) is 11.8. The molecule has 3 nitrogen and oxygen atoms in total. The second-order valence-corrected chi connectivity index (χ2v) is 7.68. The van der Waals surface area contributed by atoms with Gasteiger partial charge in [0.25, 0.3) is 0 Å². The SMILES string of the molecule is Cc1cccc(C)c1OC(=O)[C@@H](C)[C@@](C)(O)CSCc1ccccc1. The van der Waals surface area contributed by atoms with Crippen molar-refractivity contribution in [3.05, 3.63) is 65.2 Å². The van der Waals surface area contributed by atoms with Crippen LogP contribution in [0.1, 0.15) is 30.5 Å². The van der Waals surface area contributed by atoms with Crippen molar-refractivity contribution in [2.75, 3.05) is 5.75 Å². The van der Waals surface area contributed by atoms with Crippen LogP contribution < -0.4 is 4.74 Å². The minimum atomic E-state index is -1.13. The van der Waals surface area contributed by atoms with Gasteiger partial charge in [0.05, 0.1) is 11.5 Å². The zero-order valence-corrected chi connectivity index (χ0v) is 16.1. The van der Waals surface area contributed by atoms with E-state index in [1.54, 1.807) is 25.6 Å². The van der Waals surface area contributed by atoms with Crippen molar-refractivity contribution < 1.29 is 14.6 Å². The van der Waals surface area contributed by atoms with Gasteiger partial charge in [-0.2, -0.15) is 11.8 Å². The van der Waals surface area contributed by atoms with Crippen LogP contribution in [0.25, 0.3) is 0 Å². The van der Waals surface area contributed by atoms with Gasteiger partial charge in [0, 0.05) is 11.5 Å². The molecule has 0 amide bonds. The molecule has 0 heterocycles. The fourth-order valence-electron chi connectivity index (χ4n) is 2.48. The molecule has 0 spiro atoms. The van der Waals surface area contributed by atoms with Crippen molar-refractivity contribution >= 4 is 17.7 Å². The number of aryl methyl sites for hydroxylation is 2. The molecule has 2 atom stereocenters. The van der Waals surface area contributed by atoms with E-state index in [1.807, 2.05) is 50.2 Å². The zero-order valence-electron chi connectivity index (χ0n) is 15.3. The van der Waals surface area contributed by atoms with Crippen LogP contribution in [0, 0.1) is 19.8 Å². The van der Waals surface area contributed by atoms with Crippen LogP contribution in [0.3, 0.4) is 0 Å². The first kappa shape index (κ1) is 19.5. The summed E-state index contributed by atoms with van der Waals surface area (Å²) in [7, 11) is 0. The number of hydrogen-bond acceptors (Lipinski definition) is 4. The van der Waals surface area contributed by atoms with Crippen LogP contribution in [0.4, 0.5) is 0 Å². The van der Waals surface area contributed by atoms with Gasteiger partial charge in [-0.25, -0.2) is 0 Å². The Hall–Kier alpha value is -1.78. The van der Waals surface area contributed by atoms with E-state index in [1.165, 1.54) is 5.56 Å². The minimum Gasteiger partial charge on any atom is -0.426 e. The molecule has 2 aromatic rings. The summed E-state index contributed by atoms with van der Waals surface area (Å²) in [6, 6.07) is 15.8. The quantitative estimate of drug-likeness (QED) is 0.583. The first-order valence-electron chi connectivity index (χ1n) is 8.43. The van der Waals surface area contributed by atoms with E-state index in [9.17, 15) is 9.90 Å². The molecule has 0 radical (unpaired) electrons. The van der Waals surface area contributed by atoms with Crippen LogP contribution in [-0.4, -0.2) is 22.4 Å². The largest absolute Gasteiger partial charge is 0.426 e. The van der Waals surface area contributed by atoms with Crippen molar-refractivity contribution in [2.45, 2.75) is 39.0 Å². The van der Waals surface area contributed by atoms with Gasteiger partial charge in [0.2, 0.25) is 0 Å². The highest BCUT2D eigenvalue weighted by molar-refractivity contribution is 7.98. The first-order valence-corrected chi connectivity index (χ1v) is 9.58. The van der Waals surface area contributed by atoms with Crippen molar-refractivity contribution in [3.63, 3.8) is 0 Å². The topological polar surface area (TPSA) is 46.5 Å². The molecule has 25 heavy (non-hydrogen) atoms. The van der Waals surface area contributed by atoms with Gasteiger partial charge in [-0.05, 0) is 44.4 Å². The summed E-state index contributed by atoms with van der Waals surface area (Å²) in [5, 5.41) is 10.7. The number of thioether (sulfide) groups is 1. The molecule has 2 aromatic carbocycles. The molecule has 134 valence electrons. The van der Waals surface area contributed by atoms with Gasteiger partial charge >= 0.3 is 5.97 Å². The Kier molecular flexibility index (Phi) is 6.68. The van der Waals surface area contributed by atoms with Crippen molar-refractivity contribution in [2.24, 2.45) is 5.92 Å². The Morgan fingerprint density at radius 2 is 1.72 bits per heavy atom. The van der Waals surface area contributed by atoms with Gasteiger partial charge in [0.15, 0.2) is 0 Å². The van der Waals surface area contributed by atoms with Crippen LogP contribution >= 0.6 is 11.8 Å².